The number of hydrogen-bond donors (Lipinski definition) is 3. The Labute approximate surface area is 271 Å². The number of hydrogen-bond acceptors (Lipinski definition) is 6. The number of nitrogens with one attached hydrogen (secondary N) is 2. The van der Waals surface area contributed by atoms with E-state index in [0.29, 0.717) is 12.2 Å². The van der Waals surface area contributed by atoms with Gasteiger partial charge in [0.25, 0.3) is 0 Å². The van der Waals surface area contributed by atoms with Crippen LogP contribution in [-0.4, -0.2) is 97.8 Å². The summed E-state index contributed by atoms with van der Waals surface area (Å²) in [5, 5.41) is 18.0. The molecule has 1 saturated heterocycles. The number of likely N-dealkylation sites (N-methyl/N-ethyl adjacent to an activating group) is 2. The van der Waals surface area contributed by atoms with Crippen LogP contribution >= 0.6 is 0 Å². The van der Waals surface area contributed by atoms with Crippen LogP contribution in [0.3, 0.4) is 0 Å². The molecule has 0 aromatic heterocycles. The van der Waals surface area contributed by atoms with Gasteiger partial charge in [-0.1, -0.05) is 68.4 Å². The number of halogens is 1. The first-order chi connectivity index (χ1) is 22.0. The minimum Gasteiger partial charge on any atom is -0.396 e. The maximum Gasteiger partial charge on any atom is 0.249 e. The molecule has 1 aliphatic heterocycles. The molecule has 4 rings (SSSR count). The maximum absolute atomic E-state index is 14.4. The lowest BCUT2D eigenvalue weighted by molar-refractivity contribution is -0.149. The first kappa shape index (κ1) is 35.0. The molecule has 3 N–H and O–H groups in total. The van der Waals surface area contributed by atoms with E-state index in [2.05, 4.69) is 10.6 Å². The highest BCUT2D eigenvalue weighted by Gasteiger charge is 2.36. The fourth-order valence-corrected chi connectivity index (χ4v) is 5.58. The third-order valence-electron chi connectivity index (χ3n) is 8.73. The normalized spacial score (nSPS) is 16.2. The van der Waals surface area contributed by atoms with Crippen molar-refractivity contribution in [2.24, 2.45) is 5.41 Å². The summed E-state index contributed by atoms with van der Waals surface area (Å²) in [6.07, 6.45) is 2.42. The zero-order chi connectivity index (χ0) is 33.3. The number of nitrogens with zero attached hydrogens (tertiary/aromatic N) is 2. The van der Waals surface area contributed by atoms with E-state index in [1.54, 1.807) is 26.2 Å². The van der Waals surface area contributed by atoms with Crippen LogP contribution in [0.1, 0.15) is 37.8 Å². The molecule has 0 aliphatic carbocycles. The number of carbonyl (C=O) groups is 3. The Morgan fingerprint density at radius 3 is 2.33 bits per heavy atom. The number of amides is 3. The van der Waals surface area contributed by atoms with Crippen LogP contribution in [0.4, 0.5) is 4.39 Å². The summed E-state index contributed by atoms with van der Waals surface area (Å²) in [7, 11) is 3.15. The fourth-order valence-electron chi connectivity index (χ4n) is 5.58. The Kier molecular flexibility index (Phi) is 12.3. The van der Waals surface area contributed by atoms with Crippen LogP contribution in [0, 0.1) is 11.2 Å². The number of aliphatic hydroxyl groups excluding tert-OH is 1. The molecular formula is C36H47FN4O5. The second-order valence-corrected chi connectivity index (χ2v) is 13.1. The highest BCUT2D eigenvalue weighted by molar-refractivity contribution is 5.92. The number of rotatable bonds is 15. The lowest BCUT2D eigenvalue weighted by atomic mass is 9.94. The molecule has 3 aromatic carbocycles. The van der Waals surface area contributed by atoms with Gasteiger partial charge in [-0.15, -0.1) is 0 Å². The quantitative estimate of drug-likeness (QED) is 0.237. The number of ether oxygens (including phenoxy) is 1. The molecule has 3 amide bonds. The Morgan fingerprint density at radius 1 is 0.978 bits per heavy atom. The van der Waals surface area contributed by atoms with Gasteiger partial charge in [0.2, 0.25) is 17.7 Å². The summed E-state index contributed by atoms with van der Waals surface area (Å²) in [4.78, 5) is 44.3. The molecule has 9 nitrogen and oxygen atoms in total. The molecule has 0 saturated carbocycles. The lowest BCUT2D eigenvalue weighted by Gasteiger charge is -2.35. The van der Waals surface area contributed by atoms with E-state index in [9.17, 15) is 23.9 Å². The largest absolute Gasteiger partial charge is 0.396 e. The van der Waals surface area contributed by atoms with E-state index in [0.717, 1.165) is 35.7 Å². The van der Waals surface area contributed by atoms with Crippen LogP contribution in [0.5, 0.6) is 0 Å². The van der Waals surface area contributed by atoms with Crippen molar-refractivity contribution in [2.45, 2.75) is 57.7 Å². The zero-order valence-electron chi connectivity index (χ0n) is 27.3. The molecule has 10 heteroatoms. The Bertz CT molecular complexity index is 1470. The second-order valence-electron chi connectivity index (χ2n) is 13.1. The molecule has 0 unspecified atom stereocenters. The third-order valence-corrected chi connectivity index (χ3v) is 8.73. The van der Waals surface area contributed by atoms with Gasteiger partial charge in [0.05, 0.1) is 6.61 Å². The maximum atomic E-state index is 14.4. The Hall–Kier alpha value is -3.86. The van der Waals surface area contributed by atoms with E-state index in [-0.39, 0.29) is 44.5 Å². The highest BCUT2D eigenvalue weighted by atomic mass is 19.1. The van der Waals surface area contributed by atoms with Crippen LogP contribution in [-0.2, 0) is 32.0 Å². The van der Waals surface area contributed by atoms with Gasteiger partial charge in [0.1, 0.15) is 24.5 Å². The van der Waals surface area contributed by atoms with Crippen molar-refractivity contribution in [1.29, 1.82) is 0 Å². The first-order valence-corrected chi connectivity index (χ1v) is 15.9. The van der Waals surface area contributed by atoms with Gasteiger partial charge in [-0.05, 0) is 53.4 Å². The van der Waals surface area contributed by atoms with Crippen molar-refractivity contribution in [3.63, 3.8) is 0 Å². The molecule has 1 heterocycles. The van der Waals surface area contributed by atoms with Crippen LogP contribution in [0.15, 0.2) is 66.7 Å². The lowest BCUT2D eigenvalue weighted by Crippen LogP contribution is -2.57. The molecular weight excluding hydrogens is 587 g/mol. The van der Waals surface area contributed by atoms with Gasteiger partial charge in [0.15, 0.2) is 0 Å². The summed E-state index contributed by atoms with van der Waals surface area (Å²) in [6, 6.07) is 18.0. The molecule has 1 aliphatic rings. The predicted molar refractivity (Wildman–Crippen MR) is 177 cm³/mol. The molecule has 1 fully saturated rings. The number of carbonyl (C=O) groups excluding carboxylic acids is 3. The molecule has 0 bridgehead atoms. The predicted octanol–water partition coefficient (Wildman–Crippen LogP) is 3.32. The zero-order valence-corrected chi connectivity index (χ0v) is 27.3. The van der Waals surface area contributed by atoms with Crippen molar-refractivity contribution in [3.8, 4) is 0 Å². The summed E-state index contributed by atoms with van der Waals surface area (Å²) in [5.74, 6) is -1.56. The van der Waals surface area contributed by atoms with E-state index in [1.807, 2.05) is 56.3 Å². The molecule has 3 atom stereocenters. The third kappa shape index (κ3) is 9.57. The number of aliphatic hydroxyl groups is 1. The van der Waals surface area contributed by atoms with Gasteiger partial charge in [-0.2, -0.15) is 0 Å². The van der Waals surface area contributed by atoms with E-state index >= 15 is 0 Å². The van der Waals surface area contributed by atoms with E-state index in [4.69, 9.17) is 4.74 Å². The molecule has 248 valence electrons. The van der Waals surface area contributed by atoms with Crippen molar-refractivity contribution in [3.05, 3.63) is 83.7 Å². The first-order valence-electron chi connectivity index (χ1n) is 15.9. The summed E-state index contributed by atoms with van der Waals surface area (Å²) >= 11 is 0. The van der Waals surface area contributed by atoms with Crippen molar-refractivity contribution in [2.75, 3.05) is 47.0 Å². The topological polar surface area (TPSA) is 111 Å². The smallest absolute Gasteiger partial charge is 0.249 e. The SMILES string of the molecule is CN(C(=O)COC[C@H]1CCCN1)[C@H](Cc1ccc2ccccc2c1)C(=O)N(C)[C@H](Cc1ccc(F)cc1)C(=O)NCC(C)(C)CO. The van der Waals surface area contributed by atoms with Crippen molar-refractivity contribution < 1.29 is 28.6 Å². The Balaban J connectivity index is 1.59. The average molecular weight is 635 g/mol. The average Bonchev–Trinajstić information content (AvgIpc) is 3.58. The second kappa shape index (κ2) is 16.1. The van der Waals surface area contributed by atoms with Gasteiger partial charge in [-0.3, -0.25) is 14.4 Å². The van der Waals surface area contributed by atoms with Crippen LogP contribution in [0.2, 0.25) is 0 Å². The molecule has 0 radical (unpaired) electrons. The number of fused-ring (bicyclic) bond motifs is 1. The van der Waals surface area contributed by atoms with Gasteiger partial charge in [0, 0.05) is 51.5 Å². The number of benzene rings is 3. The molecule has 46 heavy (non-hydrogen) atoms. The van der Waals surface area contributed by atoms with Gasteiger partial charge < -0.3 is 30.3 Å². The highest BCUT2D eigenvalue weighted by Crippen LogP contribution is 2.21. The molecule has 3 aromatic rings. The fraction of sp³-hybridized carbons (Fsp3) is 0.472. The Morgan fingerprint density at radius 2 is 1.65 bits per heavy atom. The summed E-state index contributed by atoms with van der Waals surface area (Å²) in [5.41, 5.74) is 0.968. The van der Waals surface area contributed by atoms with Crippen LogP contribution < -0.4 is 10.6 Å². The van der Waals surface area contributed by atoms with Crippen molar-refractivity contribution >= 4 is 28.5 Å². The van der Waals surface area contributed by atoms with Gasteiger partial charge in [-0.25, -0.2) is 4.39 Å². The summed E-state index contributed by atoms with van der Waals surface area (Å²) < 4.78 is 19.4. The molecule has 0 spiro atoms. The monoisotopic (exact) mass is 634 g/mol. The standard InChI is InChI=1S/C36H47FN4O5/c1-36(2,24-42)23-39-34(44)31(19-25-12-15-29(37)16-13-25)41(4)35(45)32(20-26-11-14-27-8-5-6-9-28(27)18-26)40(3)33(43)22-46-21-30-10-7-17-38-30/h5-6,8-9,11-16,18,30-32,38,42H,7,10,17,19-24H2,1-4H3,(H,39,44)/t30-,31-,32-/m1/s1. The minimum atomic E-state index is -0.959. The summed E-state index contributed by atoms with van der Waals surface area (Å²) in [6.45, 7) is 4.87. The van der Waals surface area contributed by atoms with E-state index < -0.39 is 35.1 Å². The van der Waals surface area contributed by atoms with E-state index in [1.165, 1.54) is 21.9 Å². The van der Waals surface area contributed by atoms with Crippen LogP contribution in [0.25, 0.3) is 10.8 Å². The van der Waals surface area contributed by atoms with Crippen molar-refractivity contribution in [1.82, 2.24) is 20.4 Å². The van der Waals surface area contributed by atoms with Gasteiger partial charge >= 0.3 is 0 Å². The minimum absolute atomic E-state index is 0.131.